The normalized spacial score (nSPS) is 14.4. The van der Waals surface area contributed by atoms with Crippen LogP contribution in [0.1, 0.15) is 11.1 Å². The van der Waals surface area contributed by atoms with Gasteiger partial charge in [0.1, 0.15) is 5.75 Å². The molecule has 0 saturated carbocycles. The standard InChI is InChI=1S/C29H21ClN2O4S/c30-22-10-12-23(13-11-22)31-27(33)18-36-24-14-8-19(9-15-24)16-26-28(34)32(29(35)37-26)17-21-6-3-5-20-4-1-2-7-25(20)21/h1-16H,17-18H2,(H,31,33)/b26-16-. The van der Waals surface area contributed by atoms with Crippen molar-refractivity contribution in [2.75, 3.05) is 11.9 Å². The van der Waals surface area contributed by atoms with E-state index in [2.05, 4.69) is 5.32 Å². The largest absolute Gasteiger partial charge is 0.484 e. The molecule has 0 spiro atoms. The highest BCUT2D eigenvalue weighted by atomic mass is 35.5. The summed E-state index contributed by atoms with van der Waals surface area (Å²) in [5.41, 5.74) is 2.29. The SMILES string of the molecule is O=C(COc1ccc(/C=C2\SC(=O)N(Cc3cccc4ccccc34)C2=O)cc1)Nc1ccc(Cl)cc1. The van der Waals surface area contributed by atoms with Crippen LogP contribution in [0.4, 0.5) is 10.5 Å². The quantitative estimate of drug-likeness (QED) is 0.269. The van der Waals surface area contributed by atoms with Crippen LogP contribution in [-0.4, -0.2) is 28.6 Å². The zero-order valence-electron chi connectivity index (χ0n) is 19.5. The number of benzene rings is 4. The number of hydrogen-bond donors (Lipinski definition) is 1. The molecule has 0 unspecified atom stereocenters. The summed E-state index contributed by atoms with van der Waals surface area (Å²) in [6, 6.07) is 27.5. The van der Waals surface area contributed by atoms with Crippen LogP contribution in [0.5, 0.6) is 5.75 Å². The maximum atomic E-state index is 13.0. The number of imide groups is 1. The second kappa shape index (κ2) is 10.9. The van der Waals surface area contributed by atoms with Crippen molar-refractivity contribution in [3.8, 4) is 5.75 Å². The van der Waals surface area contributed by atoms with E-state index in [4.69, 9.17) is 16.3 Å². The Morgan fingerprint density at radius 3 is 2.43 bits per heavy atom. The van der Waals surface area contributed by atoms with Crippen LogP contribution in [0.15, 0.2) is 95.9 Å². The van der Waals surface area contributed by atoms with Gasteiger partial charge in [0.2, 0.25) is 0 Å². The summed E-state index contributed by atoms with van der Waals surface area (Å²) >= 11 is 6.78. The third-order valence-corrected chi connectivity index (χ3v) is 6.92. The first kappa shape index (κ1) is 24.6. The Morgan fingerprint density at radius 2 is 1.65 bits per heavy atom. The molecule has 1 heterocycles. The number of nitrogens with zero attached hydrogens (tertiary/aromatic N) is 1. The monoisotopic (exact) mass is 528 g/mol. The molecule has 1 saturated heterocycles. The number of rotatable bonds is 7. The van der Waals surface area contributed by atoms with Crippen molar-refractivity contribution < 1.29 is 19.1 Å². The maximum Gasteiger partial charge on any atom is 0.293 e. The summed E-state index contributed by atoms with van der Waals surface area (Å²) in [4.78, 5) is 39.4. The Hall–Kier alpha value is -4.07. The number of anilines is 1. The molecular weight excluding hydrogens is 508 g/mol. The van der Waals surface area contributed by atoms with Crippen LogP contribution in [0, 0.1) is 0 Å². The lowest BCUT2D eigenvalue weighted by molar-refractivity contribution is -0.123. The van der Waals surface area contributed by atoms with Crippen LogP contribution >= 0.6 is 23.4 Å². The fraction of sp³-hybridized carbons (Fsp3) is 0.0690. The third-order valence-electron chi connectivity index (χ3n) is 5.76. The minimum atomic E-state index is -0.317. The Morgan fingerprint density at radius 1 is 0.919 bits per heavy atom. The number of thioether (sulfide) groups is 1. The van der Waals surface area contributed by atoms with Gasteiger partial charge in [0, 0.05) is 10.7 Å². The molecule has 6 nitrogen and oxygen atoms in total. The van der Waals surface area contributed by atoms with E-state index >= 15 is 0 Å². The van der Waals surface area contributed by atoms with Gasteiger partial charge < -0.3 is 10.1 Å². The Labute approximate surface area is 222 Å². The number of amides is 3. The smallest absolute Gasteiger partial charge is 0.293 e. The van der Waals surface area contributed by atoms with E-state index in [-0.39, 0.29) is 30.2 Å². The molecule has 8 heteroatoms. The zero-order chi connectivity index (χ0) is 25.8. The summed E-state index contributed by atoms with van der Waals surface area (Å²) in [6.07, 6.45) is 1.69. The first-order valence-electron chi connectivity index (χ1n) is 11.5. The average molecular weight is 529 g/mol. The third kappa shape index (κ3) is 5.85. The molecule has 4 aromatic carbocycles. The fourth-order valence-electron chi connectivity index (χ4n) is 3.93. The number of fused-ring (bicyclic) bond motifs is 1. The first-order valence-corrected chi connectivity index (χ1v) is 12.7. The molecule has 184 valence electrons. The van der Waals surface area contributed by atoms with Gasteiger partial charge in [0.05, 0.1) is 11.4 Å². The molecule has 4 aromatic rings. The Bertz CT molecular complexity index is 1510. The van der Waals surface area contributed by atoms with Gasteiger partial charge >= 0.3 is 0 Å². The number of carbonyl (C=O) groups excluding carboxylic acids is 3. The van der Waals surface area contributed by atoms with Crippen molar-refractivity contribution in [3.05, 3.63) is 112 Å². The number of hydrogen-bond acceptors (Lipinski definition) is 5. The molecule has 3 amide bonds. The summed E-state index contributed by atoms with van der Waals surface area (Å²) in [6.45, 7) is 0.0588. The molecule has 0 aliphatic carbocycles. The van der Waals surface area contributed by atoms with Crippen molar-refractivity contribution in [2.24, 2.45) is 0 Å². The van der Waals surface area contributed by atoms with E-state index in [1.165, 1.54) is 4.90 Å². The van der Waals surface area contributed by atoms with Crippen molar-refractivity contribution in [3.63, 3.8) is 0 Å². The van der Waals surface area contributed by atoms with Crippen LogP contribution in [0.2, 0.25) is 5.02 Å². The van der Waals surface area contributed by atoms with E-state index in [0.717, 1.165) is 33.7 Å². The minimum Gasteiger partial charge on any atom is -0.484 e. The highest BCUT2D eigenvalue weighted by Gasteiger charge is 2.35. The summed E-state index contributed by atoms with van der Waals surface area (Å²) in [7, 11) is 0. The van der Waals surface area contributed by atoms with Gasteiger partial charge in [0.15, 0.2) is 6.61 Å². The highest BCUT2D eigenvalue weighted by Crippen LogP contribution is 2.34. The van der Waals surface area contributed by atoms with Crippen LogP contribution in [-0.2, 0) is 16.1 Å². The van der Waals surface area contributed by atoms with Gasteiger partial charge in [-0.05, 0) is 76.1 Å². The summed E-state index contributed by atoms with van der Waals surface area (Å²) in [5, 5.41) is 5.10. The molecule has 0 radical (unpaired) electrons. The molecule has 0 atom stereocenters. The first-order chi connectivity index (χ1) is 18.0. The van der Waals surface area contributed by atoms with Gasteiger partial charge in [-0.3, -0.25) is 19.3 Å². The average Bonchev–Trinajstić information content (AvgIpc) is 3.17. The van der Waals surface area contributed by atoms with E-state index in [0.29, 0.717) is 21.4 Å². The minimum absolute atomic E-state index is 0.158. The number of ether oxygens (including phenoxy) is 1. The van der Waals surface area contributed by atoms with Crippen LogP contribution in [0.3, 0.4) is 0 Å². The molecule has 1 fully saturated rings. The maximum absolute atomic E-state index is 13.0. The molecule has 0 bridgehead atoms. The fourth-order valence-corrected chi connectivity index (χ4v) is 4.89. The van der Waals surface area contributed by atoms with E-state index < -0.39 is 0 Å². The molecule has 37 heavy (non-hydrogen) atoms. The molecular formula is C29H21ClN2O4S. The predicted octanol–water partition coefficient (Wildman–Crippen LogP) is 6.75. The zero-order valence-corrected chi connectivity index (χ0v) is 21.1. The lowest BCUT2D eigenvalue weighted by Crippen LogP contribution is -2.27. The number of nitrogens with one attached hydrogen (secondary N) is 1. The van der Waals surface area contributed by atoms with Gasteiger partial charge in [-0.15, -0.1) is 0 Å². The topological polar surface area (TPSA) is 75.7 Å². The summed E-state index contributed by atoms with van der Waals surface area (Å²) < 4.78 is 5.55. The molecule has 1 aliphatic heterocycles. The Kier molecular flexibility index (Phi) is 7.25. The van der Waals surface area contributed by atoms with Crippen LogP contribution < -0.4 is 10.1 Å². The highest BCUT2D eigenvalue weighted by molar-refractivity contribution is 8.18. The number of carbonyl (C=O) groups is 3. The number of halogens is 1. The van der Waals surface area contributed by atoms with Crippen LogP contribution in [0.25, 0.3) is 16.8 Å². The molecule has 0 aromatic heterocycles. The molecule has 1 aliphatic rings. The Balaban J connectivity index is 1.21. The van der Waals surface area contributed by atoms with Gasteiger partial charge in [-0.1, -0.05) is 66.2 Å². The van der Waals surface area contributed by atoms with Crippen molar-refractivity contribution >= 4 is 63.0 Å². The van der Waals surface area contributed by atoms with Gasteiger partial charge in [0.25, 0.3) is 17.1 Å². The van der Waals surface area contributed by atoms with Crippen molar-refractivity contribution in [1.29, 1.82) is 0 Å². The lowest BCUT2D eigenvalue weighted by Gasteiger charge is -2.14. The van der Waals surface area contributed by atoms with E-state index in [1.807, 2.05) is 42.5 Å². The molecule has 5 rings (SSSR count). The predicted molar refractivity (Wildman–Crippen MR) is 147 cm³/mol. The van der Waals surface area contributed by atoms with E-state index in [9.17, 15) is 14.4 Å². The second-order valence-electron chi connectivity index (χ2n) is 8.32. The van der Waals surface area contributed by atoms with Gasteiger partial charge in [-0.25, -0.2) is 0 Å². The van der Waals surface area contributed by atoms with E-state index in [1.54, 1.807) is 54.6 Å². The van der Waals surface area contributed by atoms with Crippen molar-refractivity contribution in [2.45, 2.75) is 6.54 Å². The molecule has 1 N–H and O–H groups in total. The van der Waals surface area contributed by atoms with Gasteiger partial charge in [-0.2, -0.15) is 0 Å². The second-order valence-corrected chi connectivity index (χ2v) is 9.75. The lowest BCUT2D eigenvalue weighted by atomic mass is 10.0. The summed E-state index contributed by atoms with van der Waals surface area (Å²) in [5.74, 6) is -0.110. The van der Waals surface area contributed by atoms with Crippen molar-refractivity contribution in [1.82, 2.24) is 4.90 Å².